The van der Waals surface area contributed by atoms with Gasteiger partial charge in [-0.1, -0.05) is 214 Å². The van der Waals surface area contributed by atoms with E-state index in [1.807, 2.05) is 21.1 Å². The zero-order valence-electron chi connectivity index (χ0n) is 45.5. The van der Waals surface area contributed by atoms with Crippen LogP contribution in [0.25, 0.3) is 0 Å². The second-order valence-corrected chi connectivity index (χ2v) is 21.0. The molecule has 0 spiro atoms. The molecule has 0 aliphatic carbocycles. The molecule has 0 fully saturated rings. The Bertz CT molecular complexity index is 1500. The summed E-state index contributed by atoms with van der Waals surface area (Å²) in [6.07, 6.45) is 69.1. The summed E-state index contributed by atoms with van der Waals surface area (Å²) < 4.78 is 34.5. The maximum absolute atomic E-state index is 12.8. The molecule has 402 valence electrons. The minimum absolute atomic E-state index is 0.0249. The first-order chi connectivity index (χ1) is 34.0. The van der Waals surface area contributed by atoms with Gasteiger partial charge in [-0.05, 0) is 89.9 Å². The van der Waals surface area contributed by atoms with Gasteiger partial charge in [0.1, 0.15) is 19.8 Å². The standard InChI is InChI=1S/C60H104NO8P/c1-6-8-10-12-14-16-18-20-22-23-24-25-26-27-28-29-30-31-32-33-34-35-36-37-39-41-43-45-47-49-51-53-60(63)69-58(57-68-70(64,65)67-55-54-61(3,4)5)56-66-59(62)52-50-48-46-44-42-40-38-21-19-17-15-13-11-9-7-2/h8-11,14-17,20-22,24-25,27-28,38,58H,6-7,12-13,18-19,23,26,29-37,39-57H2,1-5H3/p+1/b10-8-,11-9-,16-14-,17-15-,22-20-,25-24-,28-27-,38-21-. The number of carbonyl (C=O) groups excluding carboxylic acids is 2. The van der Waals surface area contributed by atoms with E-state index in [1.165, 1.54) is 77.0 Å². The number of hydrogen-bond acceptors (Lipinski definition) is 7. The Morgan fingerprint density at radius 3 is 1.14 bits per heavy atom. The Kier molecular flexibility index (Phi) is 48.6. The predicted octanol–water partition coefficient (Wildman–Crippen LogP) is 17.3. The molecule has 70 heavy (non-hydrogen) atoms. The Hall–Kier alpha value is -3.07. The van der Waals surface area contributed by atoms with Crippen LogP contribution < -0.4 is 0 Å². The van der Waals surface area contributed by atoms with Gasteiger partial charge in [-0.3, -0.25) is 18.6 Å². The lowest BCUT2D eigenvalue weighted by atomic mass is 10.0. The van der Waals surface area contributed by atoms with Crippen molar-refractivity contribution in [3.05, 3.63) is 97.2 Å². The van der Waals surface area contributed by atoms with Crippen LogP contribution >= 0.6 is 7.82 Å². The van der Waals surface area contributed by atoms with Crippen LogP contribution in [-0.4, -0.2) is 74.9 Å². The first-order valence-corrected chi connectivity index (χ1v) is 29.5. The van der Waals surface area contributed by atoms with Crippen molar-refractivity contribution in [3.63, 3.8) is 0 Å². The molecule has 0 aromatic heterocycles. The third kappa shape index (κ3) is 54.3. The van der Waals surface area contributed by atoms with Crippen molar-refractivity contribution >= 4 is 19.8 Å². The van der Waals surface area contributed by atoms with Crippen molar-refractivity contribution in [2.75, 3.05) is 47.5 Å². The largest absolute Gasteiger partial charge is 0.472 e. The highest BCUT2D eigenvalue weighted by molar-refractivity contribution is 7.47. The van der Waals surface area contributed by atoms with Crippen LogP contribution in [0.5, 0.6) is 0 Å². The Morgan fingerprint density at radius 2 is 0.771 bits per heavy atom. The minimum Gasteiger partial charge on any atom is -0.462 e. The van der Waals surface area contributed by atoms with Crippen LogP contribution in [0.1, 0.15) is 219 Å². The summed E-state index contributed by atoms with van der Waals surface area (Å²) >= 11 is 0. The number of carbonyl (C=O) groups is 2. The van der Waals surface area contributed by atoms with Crippen molar-refractivity contribution in [2.24, 2.45) is 0 Å². The second-order valence-electron chi connectivity index (χ2n) is 19.6. The zero-order chi connectivity index (χ0) is 51.3. The molecule has 0 bridgehead atoms. The van der Waals surface area contributed by atoms with E-state index in [-0.39, 0.29) is 32.0 Å². The normalized spacial score (nSPS) is 14.1. The number of phosphoric acid groups is 1. The maximum atomic E-state index is 12.8. The molecule has 0 radical (unpaired) electrons. The predicted molar refractivity (Wildman–Crippen MR) is 298 cm³/mol. The number of rotatable bonds is 50. The molecule has 0 saturated heterocycles. The van der Waals surface area contributed by atoms with Crippen LogP contribution in [0, 0.1) is 0 Å². The van der Waals surface area contributed by atoms with E-state index in [2.05, 4.69) is 111 Å². The summed E-state index contributed by atoms with van der Waals surface area (Å²) in [5.41, 5.74) is 0. The first kappa shape index (κ1) is 66.9. The number of phosphoric ester groups is 1. The summed E-state index contributed by atoms with van der Waals surface area (Å²) in [5.74, 6) is -0.820. The van der Waals surface area contributed by atoms with Crippen molar-refractivity contribution in [1.29, 1.82) is 0 Å². The fourth-order valence-electron chi connectivity index (χ4n) is 7.35. The fraction of sp³-hybridized carbons (Fsp3) is 0.700. The highest BCUT2D eigenvalue weighted by Gasteiger charge is 2.27. The topological polar surface area (TPSA) is 108 Å². The fourth-order valence-corrected chi connectivity index (χ4v) is 8.09. The molecule has 2 atom stereocenters. The Balaban J connectivity index is 4.12. The lowest BCUT2D eigenvalue weighted by Crippen LogP contribution is -2.37. The molecule has 0 saturated carbocycles. The SMILES string of the molecule is CC/C=C\C/C=C\C/C=C\C/C=C\C/C=C\CCCCCCCCCCCCCCCCCC(=O)OC(COC(=O)CCCCCCC/C=C\C/C=C\C/C=C\CC)COP(=O)(O)OCC[N+](C)(C)C. The van der Waals surface area contributed by atoms with Gasteiger partial charge >= 0.3 is 19.8 Å². The van der Waals surface area contributed by atoms with Gasteiger partial charge in [0.15, 0.2) is 6.10 Å². The van der Waals surface area contributed by atoms with E-state index >= 15 is 0 Å². The third-order valence-corrected chi connectivity index (χ3v) is 12.6. The minimum atomic E-state index is -4.39. The Labute approximate surface area is 430 Å². The van der Waals surface area contributed by atoms with Gasteiger partial charge in [0, 0.05) is 12.8 Å². The molecule has 10 heteroatoms. The van der Waals surface area contributed by atoms with Gasteiger partial charge in [0.05, 0.1) is 27.7 Å². The molecule has 0 aliphatic rings. The van der Waals surface area contributed by atoms with E-state index in [4.69, 9.17) is 18.5 Å². The van der Waals surface area contributed by atoms with Gasteiger partial charge in [-0.15, -0.1) is 0 Å². The number of nitrogens with zero attached hydrogens (tertiary/aromatic N) is 1. The summed E-state index contributed by atoms with van der Waals surface area (Å²) in [6.45, 7) is 4.18. The van der Waals surface area contributed by atoms with E-state index in [9.17, 15) is 19.0 Å². The van der Waals surface area contributed by atoms with Gasteiger partial charge in [0.2, 0.25) is 0 Å². The highest BCUT2D eigenvalue weighted by Crippen LogP contribution is 2.43. The molecule has 9 nitrogen and oxygen atoms in total. The lowest BCUT2D eigenvalue weighted by Gasteiger charge is -2.24. The zero-order valence-corrected chi connectivity index (χ0v) is 46.4. The number of unbranched alkanes of at least 4 members (excludes halogenated alkanes) is 20. The molecular weight excluding hydrogens is 894 g/mol. The quantitative estimate of drug-likeness (QED) is 0.0211. The number of quaternary nitrogens is 1. The number of allylic oxidation sites excluding steroid dienone is 16. The van der Waals surface area contributed by atoms with Crippen molar-refractivity contribution in [1.82, 2.24) is 0 Å². The summed E-state index contributed by atoms with van der Waals surface area (Å²) in [4.78, 5) is 35.6. The summed E-state index contributed by atoms with van der Waals surface area (Å²) in [5, 5.41) is 0. The van der Waals surface area contributed by atoms with Crippen molar-refractivity contribution in [2.45, 2.75) is 225 Å². The average molecular weight is 999 g/mol. The monoisotopic (exact) mass is 999 g/mol. The molecular formula is C60H105NO8P+. The highest BCUT2D eigenvalue weighted by atomic mass is 31.2. The molecule has 2 unspecified atom stereocenters. The molecule has 1 N–H and O–H groups in total. The molecule has 0 aromatic rings. The molecule has 0 aromatic carbocycles. The van der Waals surface area contributed by atoms with Gasteiger partial charge in [-0.25, -0.2) is 4.57 Å². The number of ether oxygens (including phenoxy) is 2. The number of hydrogen-bond donors (Lipinski definition) is 1. The molecule has 0 heterocycles. The maximum Gasteiger partial charge on any atom is 0.472 e. The van der Waals surface area contributed by atoms with E-state index in [0.717, 1.165) is 103 Å². The van der Waals surface area contributed by atoms with Crippen molar-refractivity contribution < 1.29 is 42.1 Å². The van der Waals surface area contributed by atoms with E-state index in [1.54, 1.807) is 0 Å². The van der Waals surface area contributed by atoms with Crippen molar-refractivity contribution in [3.8, 4) is 0 Å². The van der Waals surface area contributed by atoms with Crippen LogP contribution in [0.3, 0.4) is 0 Å². The average Bonchev–Trinajstić information content (AvgIpc) is 3.32. The summed E-state index contributed by atoms with van der Waals surface area (Å²) in [6, 6.07) is 0. The van der Waals surface area contributed by atoms with E-state index in [0.29, 0.717) is 23.9 Å². The Morgan fingerprint density at radius 1 is 0.443 bits per heavy atom. The van der Waals surface area contributed by atoms with Crippen LogP contribution in [0.4, 0.5) is 0 Å². The number of likely N-dealkylation sites (N-methyl/N-ethyl adjacent to an activating group) is 1. The summed E-state index contributed by atoms with van der Waals surface area (Å²) in [7, 11) is 1.46. The number of esters is 2. The molecule has 0 rings (SSSR count). The van der Waals surface area contributed by atoms with Crippen LogP contribution in [0.2, 0.25) is 0 Å². The smallest absolute Gasteiger partial charge is 0.462 e. The third-order valence-electron chi connectivity index (χ3n) is 11.6. The van der Waals surface area contributed by atoms with Crippen LogP contribution in [-0.2, 0) is 32.7 Å². The van der Waals surface area contributed by atoms with Gasteiger partial charge in [0.25, 0.3) is 0 Å². The van der Waals surface area contributed by atoms with Crippen LogP contribution in [0.15, 0.2) is 97.2 Å². The lowest BCUT2D eigenvalue weighted by molar-refractivity contribution is -0.870. The first-order valence-electron chi connectivity index (χ1n) is 28.0. The van der Waals surface area contributed by atoms with Gasteiger partial charge < -0.3 is 18.9 Å². The second kappa shape index (κ2) is 50.9. The molecule has 0 amide bonds. The van der Waals surface area contributed by atoms with Gasteiger partial charge in [-0.2, -0.15) is 0 Å². The van der Waals surface area contributed by atoms with E-state index < -0.39 is 26.5 Å². The molecule has 0 aliphatic heterocycles.